The number of halogens is 9. The number of nitrogens with zero attached hydrogens (tertiary/aromatic N) is 4. The monoisotopic (exact) mass is 558 g/mol. The van der Waals surface area contributed by atoms with Crippen LogP contribution in [0.2, 0.25) is 0 Å². The quantitative estimate of drug-likeness (QED) is 0.247. The highest BCUT2D eigenvalue weighted by Gasteiger charge is 2.81. The third kappa shape index (κ3) is 3.75. The van der Waals surface area contributed by atoms with Gasteiger partial charge < -0.3 is 8.98 Å². The summed E-state index contributed by atoms with van der Waals surface area (Å²) in [5.74, 6) is -19.8. The van der Waals surface area contributed by atoms with Gasteiger partial charge in [0.1, 0.15) is 5.69 Å². The summed E-state index contributed by atoms with van der Waals surface area (Å²) >= 11 is 0. The van der Waals surface area contributed by atoms with Crippen molar-refractivity contribution in [2.24, 2.45) is 7.05 Å². The highest BCUT2D eigenvalue weighted by molar-refractivity contribution is 6.00. The normalized spacial score (nSPS) is 18.1. The van der Waals surface area contributed by atoms with E-state index >= 15 is 17.6 Å². The fraction of sp³-hybridized carbons (Fsp3) is 0.240. The Morgan fingerprint density at radius 2 is 1.44 bits per heavy atom. The van der Waals surface area contributed by atoms with E-state index in [1.54, 1.807) is 6.07 Å². The molecule has 5 rings (SSSR count). The second kappa shape index (κ2) is 8.45. The lowest BCUT2D eigenvalue weighted by Gasteiger charge is -2.25. The average molecular weight is 558 g/mol. The van der Waals surface area contributed by atoms with Crippen LogP contribution in [-0.4, -0.2) is 37.3 Å². The van der Waals surface area contributed by atoms with Crippen LogP contribution in [0.5, 0.6) is 0 Å². The van der Waals surface area contributed by atoms with E-state index in [4.69, 9.17) is 4.42 Å². The number of pyridine rings is 1. The first-order valence-electron chi connectivity index (χ1n) is 11.1. The van der Waals surface area contributed by atoms with Crippen molar-refractivity contribution in [3.8, 4) is 23.0 Å². The van der Waals surface area contributed by atoms with Gasteiger partial charge in [-0.2, -0.15) is 39.5 Å². The van der Waals surface area contributed by atoms with Crippen LogP contribution in [-0.2, 0) is 13.2 Å². The summed E-state index contributed by atoms with van der Waals surface area (Å²) < 4.78 is 139. The number of alkyl halides is 9. The van der Waals surface area contributed by atoms with Gasteiger partial charge in [0.2, 0.25) is 5.89 Å². The lowest BCUT2D eigenvalue weighted by molar-refractivity contribution is -0.254. The van der Waals surface area contributed by atoms with Crippen molar-refractivity contribution in [1.29, 1.82) is 0 Å². The highest BCUT2D eigenvalue weighted by atomic mass is 19.4. The van der Waals surface area contributed by atoms with Crippen molar-refractivity contribution in [3.63, 3.8) is 0 Å². The van der Waals surface area contributed by atoms with Gasteiger partial charge in [-0.15, -0.1) is 0 Å². The van der Waals surface area contributed by atoms with E-state index in [9.17, 15) is 22.0 Å². The van der Waals surface area contributed by atoms with Crippen LogP contribution < -0.4 is 0 Å². The molecule has 39 heavy (non-hydrogen) atoms. The number of aromatic nitrogens is 4. The number of oxazole rings is 1. The van der Waals surface area contributed by atoms with E-state index in [0.717, 1.165) is 20.2 Å². The summed E-state index contributed by atoms with van der Waals surface area (Å²) in [5, 5.41) is 0. The van der Waals surface area contributed by atoms with Crippen molar-refractivity contribution in [2.45, 2.75) is 30.9 Å². The zero-order valence-electron chi connectivity index (χ0n) is 19.8. The summed E-state index contributed by atoms with van der Waals surface area (Å²) in [6.07, 6.45) is -4.34. The molecule has 0 saturated carbocycles. The molecule has 4 aromatic rings. The van der Waals surface area contributed by atoms with Crippen molar-refractivity contribution in [1.82, 2.24) is 19.5 Å². The Hall–Kier alpha value is -4.10. The minimum Gasteiger partial charge on any atom is -0.436 e. The van der Waals surface area contributed by atoms with Crippen LogP contribution in [0.4, 0.5) is 39.5 Å². The first-order chi connectivity index (χ1) is 18.1. The molecule has 0 fully saturated rings. The zero-order chi connectivity index (χ0) is 28.5. The molecule has 14 heteroatoms. The van der Waals surface area contributed by atoms with Crippen LogP contribution >= 0.6 is 0 Å². The topological polar surface area (TPSA) is 56.7 Å². The average Bonchev–Trinajstić information content (AvgIpc) is 3.45. The third-order valence-corrected chi connectivity index (χ3v) is 6.21. The molecule has 1 aliphatic rings. The van der Waals surface area contributed by atoms with E-state index in [-0.39, 0.29) is 17.1 Å². The van der Waals surface area contributed by atoms with E-state index in [1.165, 1.54) is 42.5 Å². The molecule has 0 N–H and O–H groups in total. The first-order valence-corrected chi connectivity index (χ1v) is 11.1. The van der Waals surface area contributed by atoms with Crippen LogP contribution in [0.1, 0.15) is 22.8 Å². The number of allylic oxidation sites excluding steroid dienone is 2. The molecular weight excluding hydrogens is 543 g/mol. The lowest BCUT2D eigenvalue weighted by Crippen LogP contribution is -2.49. The predicted octanol–water partition coefficient (Wildman–Crippen LogP) is 7.29. The number of imidazole rings is 1. The first kappa shape index (κ1) is 26.5. The van der Waals surface area contributed by atoms with Gasteiger partial charge in [0.15, 0.2) is 17.3 Å². The van der Waals surface area contributed by atoms with Gasteiger partial charge in [-0.05, 0) is 31.2 Å². The molecule has 3 aromatic heterocycles. The molecule has 0 unspecified atom stereocenters. The third-order valence-electron chi connectivity index (χ3n) is 6.21. The fourth-order valence-electron chi connectivity index (χ4n) is 4.39. The molecule has 5 nitrogen and oxygen atoms in total. The smallest absolute Gasteiger partial charge is 0.435 e. The summed E-state index contributed by atoms with van der Waals surface area (Å²) in [6.45, 7) is 1.02. The van der Waals surface area contributed by atoms with Crippen LogP contribution in [0.25, 0.3) is 34.1 Å². The van der Waals surface area contributed by atoms with Crippen LogP contribution in [0, 0.1) is 6.92 Å². The fourth-order valence-corrected chi connectivity index (χ4v) is 4.39. The van der Waals surface area contributed by atoms with Crippen molar-refractivity contribution >= 4 is 11.1 Å². The van der Waals surface area contributed by atoms with Crippen LogP contribution in [0.3, 0.4) is 0 Å². The standard InChI is InChI=1S/C25H15F9N4O/c1-12-18(39-21(36-12)13-8-4-3-5-9-13)16-15(22(26,27)25(33,34)23(16,28)29)17-19(24(30,31)32)37-20(38(17)2)14-10-6-7-11-35-14/h3-11H,1-2H3. The minimum absolute atomic E-state index is 0.183. The van der Waals surface area contributed by atoms with Gasteiger partial charge in [-0.25, -0.2) is 9.97 Å². The van der Waals surface area contributed by atoms with Gasteiger partial charge in [0, 0.05) is 18.8 Å². The summed E-state index contributed by atoms with van der Waals surface area (Å²) in [6, 6.07) is 11.4. The maximum Gasteiger partial charge on any atom is 0.435 e. The van der Waals surface area contributed by atoms with Gasteiger partial charge in [0.05, 0.1) is 22.5 Å². The summed E-state index contributed by atoms with van der Waals surface area (Å²) in [4.78, 5) is 11.0. The Labute approximate surface area is 213 Å². The van der Waals surface area contributed by atoms with E-state index in [0.29, 0.717) is 4.57 Å². The van der Waals surface area contributed by atoms with Crippen molar-refractivity contribution in [2.75, 3.05) is 0 Å². The van der Waals surface area contributed by atoms with E-state index in [2.05, 4.69) is 15.0 Å². The van der Waals surface area contributed by atoms with E-state index < -0.39 is 63.8 Å². The maximum atomic E-state index is 15.4. The molecule has 0 atom stereocenters. The molecule has 0 radical (unpaired) electrons. The minimum atomic E-state index is -6.13. The number of aryl methyl sites for hydroxylation is 1. The van der Waals surface area contributed by atoms with Crippen LogP contribution in [0.15, 0.2) is 59.1 Å². The Bertz CT molecular complexity index is 1590. The second-order valence-electron chi connectivity index (χ2n) is 8.68. The Morgan fingerprint density at radius 3 is 2.03 bits per heavy atom. The van der Waals surface area contributed by atoms with Crippen molar-refractivity contribution in [3.05, 3.63) is 77.6 Å². The van der Waals surface area contributed by atoms with E-state index in [1.807, 2.05) is 0 Å². The molecule has 204 valence electrons. The van der Waals surface area contributed by atoms with Gasteiger partial charge in [0.25, 0.3) is 0 Å². The maximum absolute atomic E-state index is 15.4. The Balaban J connectivity index is 1.89. The number of hydrogen-bond donors (Lipinski definition) is 0. The summed E-state index contributed by atoms with van der Waals surface area (Å²) in [5.41, 5.74) is -8.74. The molecule has 0 aliphatic heterocycles. The summed E-state index contributed by atoms with van der Waals surface area (Å²) in [7, 11) is 0.805. The molecule has 0 bridgehead atoms. The molecule has 1 aromatic carbocycles. The molecular formula is C25H15F9N4O. The SMILES string of the molecule is Cc1nc(-c2ccccc2)oc1C1=C(c2c(C(F)(F)F)nc(-c3ccccn3)n2C)C(F)(F)C(F)(F)C1(F)F. The van der Waals surface area contributed by atoms with Gasteiger partial charge >= 0.3 is 23.9 Å². The molecule has 3 heterocycles. The molecule has 0 saturated heterocycles. The molecule has 0 amide bonds. The Morgan fingerprint density at radius 1 is 0.821 bits per heavy atom. The lowest BCUT2D eigenvalue weighted by atomic mass is 10.00. The van der Waals surface area contributed by atoms with Gasteiger partial charge in [-0.3, -0.25) is 4.98 Å². The number of rotatable bonds is 4. The number of benzene rings is 1. The zero-order valence-corrected chi connectivity index (χ0v) is 19.8. The molecule has 1 aliphatic carbocycles. The largest absolute Gasteiger partial charge is 0.436 e. The van der Waals surface area contributed by atoms with Crippen molar-refractivity contribution < 1.29 is 43.9 Å². The van der Waals surface area contributed by atoms with Gasteiger partial charge in [-0.1, -0.05) is 24.3 Å². The Kier molecular flexibility index (Phi) is 5.74. The highest BCUT2D eigenvalue weighted by Crippen LogP contribution is 2.65. The predicted molar refractivity (Wildman–Crippen MR) is 120 cm³/mol. The second-order valence-corrected chi connectivity index (χ2v) is 8.68. The number of hydrogen-bond acceptors (Lipinski definition) is 4. The molecule has 0 spiro atoms.